The van der Waals surface area contributed by atoms with E-state index in [2.05, 4.69) is 15.4 Å². The summed E-state index contributed by atoms with van der Waals surface area (Å²) >= 11 is 1.61. The summed E-state index contributed by atoms with van der Waals surface area (Å²) < 4.78 is 39.2. The minimum atomic E-state index is -3.88. The number of anilines is 1. The fraction of sp³-hybridized carbons (Fsp3) is 0.261. The van der Waals surface area contributed by atoms with Crippen molar-refractivity contribution in [3.8, 4) is 11.5 Å². The standard InChI is InChI=1S/C23H25N3O5S2/c1-26(2)20(17-8-11-32-15-17)14-24-23(27)16-4-3-5-18(12-16)25-33(28,29)19-6-7-21-22(13-19)31-10-9-30-21/h3-8,11-13,15,20,25H,9-10,14H2,1-2H3,(H,24,27)/t20-/m1/s1. The predicted octanol–water partition coefficient (Wildman–Crippen LogP) is 3.35. The number of fused-ring (bicyclic) bond motifs is 1. The molecule has 1 aliphatic rings. The van der Waals surface area contributed by atoms with Gasteiger partial charge >= 0.3 is 0 Å². The quantitative estimate of drug-likeness (QED) is 0.506. The van der Waals surface area contributed by atoms with Crippen molar-refractivity contribution in [2.75, 3.05) is 38.6 Å². The number of hydrogen-bond acceptors (Lipinski definition) is 7. The number of nitrogens with zero attached hydrogens (tertiary/aromatic N) is 1. The normalized spacial score (nSPS) is 14.0. The van der Waals surface area contributed by atoms with E-state index in [0.29, 0.717) is 42.5 Å². The Morgan fingerprint density at radius 3 is 2.61 bits per heavy atom. The van der Waals surface area contributed by atoms with Crippen molar-refractivity contribution in [2.45, 2.75) is 10.9 Å². The van der Waals surface area contributed by atoms with Gasteiger partial charge in [-0.25, -0.2) is 8.42 Å². The number of rotatable bonds is 8. The Kier molecular flexibility index (Phi) is 6.87. The van der Waals surface area contributed by atoms with Crippen LogP contribution in [0.5, 0.6) is 11.5 Å². The maximum atomic E-state index is 12.9. The topological polar surface area (TPSA) is 97.0 Å². The summed E-state index contributed by atoms with van der Waals surface area (Å²) in [6.45, 7) is 1.21. The van der Waals surface area contributed by atoms with E-state index in [0.717, 1.165) is 5.56 Å². The number of amides is 1. The number of ether oxygens (including phenoxy) is 2. The van der Waals surface area contributed by atoms with E-state index < -0.39 is 10.0 Å². The van der Waals surface area contributed by atoms with Gasteiger partial charge in [0.15, 0.2) is 11.5 Å². The van der Waals surface area contributed by atoms with Crippen LogP contribution in [0.4, 0.5) is 5.69 Å². The molecule has 8 nitrogen and oxygen atoms in total. The molecule has 174 valence electrons. The van der Waals surface area contributed by atoms with E-state index in [9.17, 15) is 13.2 Å². The second-order valence-electron chi connectivity index (χ2n) is 7.74. The lowest BCUT2D eigenvalue weighted by atomic mass is 10.1. The largest absolute Gasteiger partial charge is 0.486 e. The van der Waals surface area contributed by atoms with Crippen LogP contribution in [-0.2, 0) is 10.0 Å². The third-order valence-corrected chi connectivity index (χ3v) is 7.29. The van der Waals surface area contributed by atoms with Gasteiger partial charge in [0.05, 0.1) is 10.9 Å². The van der Waals surface area contributed by atoms with Gasteiger partial charge in [-0.2, -0.15) is 11.3 Å². The third kappa shape index (κ3) is 5.47. The number of carbonyl (C=O) groups is 1. The third-order valence-electron chi connectivity index (χ3n) is 5.21. The van der Waals surface area contributed by atoms with E-state index in [1.165, 1.54) is 18.2 Å². The highest BCUT2D eigenvalue weighted by atomic mass is 32.2. The average Bonchev–Trinajstić information content (AvgIpc) is 3.33. The predicted molar refractivity (Wildman–Crippen MR) is 128 cm³/mol. The fourth-order valence-corrected chi connectivity index (χ4v) is 5.25. The zero-order chi connectivity index (χ0) is 23.4. The van der Waals surface area contributed by atoms with Crippen LogP contribution in [0.2, 0.25) is 0 Å². The van der Waals surface area contributed by atoms with Crippen molar-refractivity contribution in [2.24, 2.45) is 0 Å². The van der Waals surface area contributed by atoms with Crippen LogP contribution in [0.3, 0.4) is 0 Å². The van der Waals surface area contributed by atoms with Crippen LogP contribution in [0, 0.1) is 0 Å². The van der Waals surface area contributed by atoms with Crippen LogP contribution in [0.15, 0.2) is 64.2 Å². The minimum absolute atomic E-state index is 0.0390. The molecule has 33 heavy (non-hydrogen) atoms. The molecule has 4 rings (SSSR count). The van der Waals surface area contributed by atoms with Gasteiger partial charge in [0, 0.05) is 23.9 Å². The summed E-state index contributed by atoms with van der Waals surface area (Å²) in [5.74, 6) is 0.619. The molecule has 0 spiro atoms. The summed E-state index contributed by atoms with van der Waals surface area (Å²) in [4.78, 5) is 14.8. The molecule has 1 atom stereocenters. The lowest BCUT2D eigenvalue weighted by Gasteiger charge is -2.24. The van der Waals surface area contributed by atoms with Gasteiger partial charge in [-0.15, -0.1) is 0 Å². The maximum absolute atomic E-state index is 12.9. The van der Waals surface area contributed by atoms with Crippen LogP contribution < -0.4 is 19.5 Å². The molecule has 0 aliphatic carbocycles. The lowest BCUT2D eigenvalue weighted by Crippen LogP contribution is -2.34. The monoisotopic (exact) mass is 487 g/mol. The van der Waals surface area contributed by atoms with Gasteiger partial charge in [-0.1, -0.05) is 6.07 Å². The molecule has 1 aliphatic heterocycles. The number of benzene rings is 2. The van der Waals surface area contributed by atoms with Crippen LogP contribution in [0.1, 0.15) is 22.0 Å². The molecule has 10 heteroatoms. The lowest BCUT2D eigenvalue weighted by molar-refractivity contribution is 0.0942. The van der Waals surface area contributed by atoms with E-state index in [4.69, 9.17) is 9.47 Å². The molecule has 3 aromatic rings. The summed E-state index contributed by atoms with van der Waals surface area (Å²) in [6.07, 6.45) is 0. The molecule has 1 aromatic heterocycles. The second kappa shape index (κ2) is 9.82. The number of likely N-dealkylation sites (N-methyl/N-ethyl adjacent to an activating group) is 1. The Labute approximate surface area is 197 Å². The Morgan fingerprint density at radius 2 is 1.88 bits per heavy atom. The number of carbonyl (C=O) groups excluding carboxylic acids is 1. The van der Waals surface area contributed by atoms with Crippen molar-refractivity contribution in [1.29, 1.82) is 0 Å². The molecule has 1 amide bonds. The molecule has 2 heterocycles. The van der Waals surface area contributed by atoms with E-state index in [-0.39, 0.29) is 16.8 Å². The zero-order valence-electron chi connectivity index (χ0n) is 18.3. The summed E-state index contributed by atoms with van der Waals surface area (Å²) in [5.41, 5.74) is 1.78. The van der Waals surface area contributed by atoms with E-state index in [1.54, 1.807) is 35.6 Å². The Balaban J connectivity index is 1.45. The smallest absolute Gasteiger partial charge is 0.262 e. The highest BCUT2D eigenvalue weighted by molar-refractivity contribution is 7.92. The first kappa shape index (κ1) is 23.1. The van der Waals surface area contributed by atoms with Crippen molar-refractivity contribution in [1.82, 2.24) is 10.2 Å². The van der Waals surface area contributed by atoms with Crippen molar-refractivity contribution in [3.63, 3.8) is 0 Å². The molecule has 0 unspecified atom stereocenters. The van der Waals surface area contributed by atoms with Gasteiger partial charge in [-0.05, 0) is 66.8 Å². The number of hydrogen-bond donors (Lipinski definition) is 2. The number of nitrogens with one attached hydrogen (secondary N) is 2. The number of sulfonamides is 1. The van der Waals surface area contributed by atoms with Gasteiger partial charge in [0.2, 0.25) is 0 Å². The van der Waals surface area contributed by atoms with Crippen LogP contribution in [-0.4, -0.2) is 53.1 Å². The molecule has 0 radical (unpaired) electrons. The van der Waals surface area contributed by atoms with Crippen LogP contribution in [0.25, 0.3) is 0 Å². The summed E-state index contributed by atoms with van der Waals surface area (Å²) in [7, 11) is 0.0415. The number of thiophene rings is 1. The molecule has 0 saturated heterocycles. The first-order valence-corrected chi connectivity index (χ1v) is 12.8. The molecule has 0 saturated carbocycles. The molecule has 2 N–H and O–H groups in total. The Bertz CT molecular complexity index is 1230. The van der Waals surface area contributed by atoms with E-state index >= 15 is 0 Å². The first-order chi connectivity index (χ1) is 15.8. The molecule has 0 bridgehead atoms. The van der Waals surface area contributed by atoms with Gasteiger partial charge < -0.3 is 19.7 Å². The molecule has 0 fully saturated rings. The van der Waals surface area contributed by atoms with Crippen molar-refractivity contribution < 1.29 is 22.7 Å². The van der Waals surface area contributed by atoms with Gasteiger partial charge in [-0.3, -0.25) is 9.52 Å². The van der Waals surface area contributed by atoms with E-state index in [1.807, 2.05) is 30.4 Å². The SMILES string of the molecule is CN(C)[C@H](CNC(=O)c1cccc(NS(=O)(=O)c2ccc3c(c2)OCCO3)c1)c1ccsc1. The highest BCUT2D eigenvalue weighted by Gasteiger charge is 2.20. The van der Waals surface area contributed by atoms with Crippen LogP contribution >= 0.6 is 11.3 Å². The second-order valence-corrected chi connectivity index (χ2v) is 10.2. The Hall–Kier alpha value is -3.08. The van der Waals surface area contributed by atoms with Crippen molar-refractivity contribution >= 4 is 33.0 Å². The molecule has 2 aromatic carbocycles. The Morgan fingerprint density at radius 1 is 1.09 bits per heavy atom. The highest BCUT2D eigenvalue weighted by Crippen LogP contribution is 2.32. The molecular formula is C23H25N3O5S2. The summed E-state index contributed by atoms with van der Waals surface area (Å²) in [6, 6.07) is 12.9. The average molecular weight is 488 g/mol. The van der Waals surface area contributed by atoms with Gasteiger partial charge in [0.1, 0.15) is 13.2 Å². The summed E-state index contributed by atoms with van der Waals surface area (Å²) in [5, 5.41) is 7.01. The first-order valence-electron chi connectivity index (χ1n) is 10.3. The molecular weight excluding hydrogens is 462 g/mol. The van der Waals surface area contributed by atoms with Gasteiger partial charge in [0.25, 0.3) is 15.9 Å². The zero-order valence-corrected chi connectivity index (χ0v) is 19.9. The minimum Gasteiger partial charge on any atom is -0.486 e. The van der Waals surface area contributed by atoms with Crippen molar-refractivity contribution in [3.05, 3.63) is 70.4 Å². The maximum Gasteiger partial charge on any atom is 0.262 e. The fourth-order valence-electron chi connectivity index (χ4n) is 3.48.